The second-order valence-electron chi connectivity index (χ2n) is 3.98. The first kappa shape index (κ1) is 12.1. The molecule has 15 heavy (non-hydrogen) atoms. The van der Waals surface area contributed by atoms with E-state index in [2.05, 4.69) is 33.8 Å². The van der Waals surface area contributed by atoms with E-state index in [1.54, 1.807) is 0 Å². The molecule has 1 nitrogen and oxygen atoms in total. The van der Waals surface area contributed by atoms with Gasteiger partial charge in [0.05, 0.1) is 0 Å². The highest BCUT2D eigenvalue weighted by Crippen LogP contribution is 2.27. The molecule has 84 valence electrons. The molecule has 0 amide bonds. The van der Waals surface area contributed by atoms with Crippen LogP contribution in [0.4, 0.5) is 5.69 Å². The Hall–Kier alpha value is -0.980. The highest BCUT2D eigenvalue weighted by molar-refractivity contribution is 5.60. The second kappa shape index (κ2) is 5.20. The van der Waals surface area contributed by atoms with Crippen LogP contribution in [0.5, 0.6) is 0 Å². The van der Waals surface area contributed by atoms with Crippen molar-refractivity contribution in [1.82, 2.24) is 0 Å². The molecule has 0 spiro atoms. The molecular weight excluding hydrogens is 182 g/mol. The molecule has 1 aromatic carbocycles. The first-order chi connectivity index (χ1) is 7.19. The fourth-order valence-corrected chi connectivity index (χ4v) is 2.38. The lowest BCUT2D eigenvalue weighted by Crippen LogP contribution is -2.06. The molecule has 0 radical (unpaired) electrons. The summed E-state index contributed by atoms with van der Waals surface area (Å²) < 4.78 is 0. The minimum Gasteiger partial charge on any atom is -0.398 e. The number of hydrogen-bond donors (Lipinski definition) is 1. The van der Waals surface area contributed by atoms with Gasteiger partial charge in [-0.1, -0.05) is 33.8 Å². The summed E-state index contributed by atoms with van der Waals surface area (Å²) in [6.45, 7) is 8.80. The van der Waals surface area contributed by atoms with Crippen molar-refractivity contribution in [3.63, 3.8) is 0 Å². The molecule has 1 heteroatoms. The summed E-state index contributed by atoms with van der Waals surface area (Å²) in [5.41, 5.74) is 12.9. The second-order valence-corrected chi connectivity index (χ2v) is 3.98. The summed E-state index contributed by atoms with van der Waals surface area (Å²) in [6, 6.07) is 2.36. The van der Waals surface area contributed by atoms with Gasteiger partial charge in [0.15, 0.2) is 0 Å². The average molecular weight is 205 g/mol. The fourth-order valence-electron chi connectivity index (χ4n) is 2.38. The lowest BCUT2D eigenvalue weighted by Gasteiger charge is -2.17. The van der Waals surface area contributed by atoms with Crippen molar-refractivity contribution in [2.75, 3.05) is 5.73 Å². The van der Waals surface area contributed by atoms with Crippen molar-refractivity contribution in [2.45, 2.75) is 53.4 Å². The summed E-state index contributed by atoms with van der Waals surface area (Å²) in [6.07, 6.45) is 4.27. The standard InChI is InChI=1S/C14H23N/c1-5-10-9-11(6-2)13(8-4)14(15)12(10)7-3/h9H,5-8,15H2,1-4H3. The molecule has 0 saturated heterocycles. The predicted octanol–water partition coefficient (Wildman–Crippen LogP) is 3.52. The van der Waals surface area contributed by atoms with Gasteiger partial charge in [-0.05, 0) is 47.9 Å². The molecular formula is C14H23N. The summed E-state index contributed by atoms with van der Waals surface area (Å²) in [5.74, 6) is 0. The Kier molecular flexibility index (Phi) is 4.19. The van der Waals surface area contributed by atoms with Gasteiger partial charge >= 0.3 is 0 Å². The van der Waals surface area contributed by atoms with E-state index < -0.39 is 0 Å². The third-order valence-corrected chi connectivity index (χ3v) is 3.24. The van der Waals surface area contributed by atoms with Crippen LogP contribution in [0.1, 0.15) is 49.9 Å². The molecule has 0 aromatic heterocycles. The van der Waals surface area contributed by atoms with Crippen LogP contribution in [0.15, 0.2) is 6.07 Å². The molecule has 0 aliphatic carbocycles. The highest BCUT2D eigenvalue weighted by Gasteiger charge is 2.11. The Morgan fingerprint density at radius 3 is 1.47 bits per heavy atom. The van der Waals surface area contributed by atoms with E-state index in [-0.39, 0.29) is 0 Å². The number of benzene rings is 1. The number of anilines is 1. The van der Waals surface area contributed by atoms with Gasteiger partial charge in [-0.25, -0.2) is 0 Å². The zero-order chi connectivity index (χ0) is 11.4. The summed E-state index contributed by atoms with van der Waals surface area (Å²) in [4.78, 5) is 0. The topological polar surface area (TPSA) is 26.0 Å². The van der Waals surface area contributed by atoms with Crippen molar-refractivity contribution >= 4 is 5.69 Å². The molecule has 2 N–H and O–H groups in total. The Morgan fingerprint density at radius 2 is 1.20 bits per heavy atom. The van der Waals surface area contributed by atoms with Crippen LogP contribution in [0, 0.1) is 0 Å². The van der Waals surface area contributed by atoms with Gasteiger partial charge in [-0.15, -0.1) is 0 Å². The Bertz CT molecular complexity index is 309. The van der Waals surface area contributed by atoms with Crippen LogP contribution >= 0.6 is 0 Å². The smallest absolute Gasteiger partial charge is 0.0384 e. The Labute approximate surface area is 93.7 Å². The molecule has 0 atom stereocenters. The van der Waals surface area contributed by atoms with Gasteiger partial charge in [0, 0.05) is 5.69 Å². The predicted molar refractivity (Wildman–Crippen MR) is 68.4 cm³/mol. The summed E-state index contributed by atoms with van der Waals surface area (Å²) in [5, 5.41) is 0. The van der Waals surface area contributed by atoms with Crippen LogP contribution < -0.4 is 5.73 Å². The van der Waals surface area contributed by atoms with E-state index in [9.17, 15) is 0 Å². The summed E-state index contributed by atoms with van der Waals surface area (Å²) in [7, 11) is 0. The van der Waals surface area contributed by atoms with Crippen LogP contribution in [-0.4, -0.2) is 0 Å². The van der Waals surface area contributed by atoms with Gasteiger partial charge in [0.25, 0.3) is 0 Å². The Balaban J connectivity index is 3.41. The van der Waals surface area contributed by atoms with Gasteiger partial charge in [-0.2, -0.15) is 0 Å². The minimum absolute atomic E-state index is 1.05. The summed E-state index contributed by atoms with van der Waals surface area (Å²) >= 11 is 0. The lowest BCUT2D eigenvalue weighted by molar-refractivity contribution is 0.979. The third kappa shape index (κ3) is 2.17. The van der Waals surface area contributed by atoms with Crippen molar-refractivity contribution < 1.29 is 0 Å². The van der Waals surface area contributed by atoms with E-state index in [1.807, 2.05) is 0 Å². The van der Waals surface area contributed by atoms with E-state index >= 15 is 0 Å². The molecule has 0 aliphatic heterocycles. The normalized spacial score (nSPS) is 10.7. The zero-order valence-corrected chi connectivity index (χ0v) is 10.5. The molecule has 0 saturated carbocycles. The molecule has 0 bridgehead atoms. The molecule has 1 aromatic rings. The lowest BCUT2D eigenvalue weighted by atomic mass is 9.91. The van der Waals surface area contributed by atoms with Crippen LogP contribution in [-0.2, 0) is 25.7 Å². The third-order valence-electron chi connectivity index (χ3n) is 3.24. The monoisotopic (exact) mass is 205 g/mol. The van der Waals surface area contributed by atoms with Gasteiger partial charge < -0.3 is 5.73 Å². The largest absolute Gasteiger partial charge is 0.398 e. The molecule has 0 aliphatic rings. The van der Waals surface area contributed by atoms with Crippen molar-refractivity contribution in [1.29, 1.82) is 0 Å². The van der Waals surface area contributed by atoms with E-state index in [0.717, 1.165) is 31.4 Å². The van der Waals surface area contributed by atoms with Gasteiger partial charge in [-0.3, -0.25) is 0 Å². The highest BCUT2D eigenvalue weighted by atomic mass is 14.6. The SMILES string of the molecule is CCc1cc(CC)c(CC)c(N)c1CC. The van der Waals surface area contributed by atoms with Crippen molar-refractivity contribution in [2.24, 2.45) is 0 Å². The van der Waals surface area contributed by atoms with E-state index in [4.69, 9.17) is 5.73 Å². The molecule has 0 unspecified atom stereocenters. The fraction of sp³-hybridized carbons (Fsp3) is 0.571. The average Bonchev–Trinajstić information content (AvgIpc) is 2.27. The maximum atomic E-state index is 6.26. The van der Waals surface area contributed by atoms with Crippen molar-refractivity contribution in [3.05, 3.63) is 28.3 Å². The van der Waals surface area contributed by atoms with Gasteiger partial charge in [0.1, 0.15) is 0 Å². The maximum Gasteiger partial charge on any atom is 0.0384 e. The number of aryl methyl sites for hydroxylation is 2. The first-order valence-corrected chi connectivity index (χ1v) is 6.11. The van der Waals surface area contributed by atoms with E-state index in [1.165, 1.54) is 22.3 Å². The first-order valence-electron chi connectivity index (χ1n) is 6.11. The van der Waals surface area contributed by atoms with Crippen LogP contribution in [0.3, 0.4) is 0 Å². The maximum absolute atomic E-state index is 6.26. The van der Waals surface area contributed by atoms with Gasteiger partial charge in [0.2, 0.25) is 0 Å². The molecule has 1 rings (SSSR count). The molecule has 0 fully saturated rings. The number of nitrogen functional groups attached to an aromatic ring is 1. The number of nitrogens with two attached hydrogens (primary N) is 1. The zero-order valence-electron chi connectivity index (χ0n) is 10.5. The van der Waals surface area contributed by atoms with Crippen molar-refractivity contribution in [3.8, 4) is 0 Å². The van der Waals surface area contributed by atoms with Crippen LogP contribution in [0.25, 0.3) is 0 Å². The Morgan fingerprint density at radius 1 is 0.800 bits per heavy atom. The quantitative estimate of drug-likeness (QED) is 0.748. The van der Waals surface area contributed by atoms with E-state index in [0.29, 0.717) is 0 Å². The number of hydrogen-bond acceptors (Lipinski definition) is 1. The number of rotatable bonds is 4. The minimum atomic E-state index is 1.05. The van der Waals surface area contributed by atoms with Crippen LogP contribution in [0.2, 0.25) is 0 Å². The molecule has 0 heterocycles.